The number of rotatable bonds is 2. The van der Waals surface area contributed by atoms with Crippen molar-refractivity contribution in [2.75, 3.05) is 6.61 Å². The molecule has 0 aromatic carbocycles. The van der Waals surface area contributed by atoms with Gasteiger partial charge in [-0.2, -0.15) is 5.26 Å². The van der Waals surface area contributed by atoms with Gasteiger partial charge in [0, 0.05) is 0 Å². The third-order valence-corrected chi connectivity index (χ3v) is 3.69. The normalized spacial score (nSPS) is 30.3. The van der Waals surface area contributed by atoms with Crippen molar-refractivity contribution in [3.05, 3.63) is 21.3 Å². The number of halogens is 1. The van der Waals surface area contributed by atoms with Crippen LogP contribution in [0.2, 0.25) is 4.34 Å². The average Bonchev–Trinajstić information content (AvgIpc) is 2.75. The maximum Gasteiger partial charge on any atom is 0.201 e. The molecule has 1 saturated heterocycles. The first-order valence-electron chi connectivity index (χ1n) is 4.58. The van der Waals surface area contributed by atoms with E-state index >= 15 is 0 Å². The van der Waals surface area contributed by atoms with E-state index in [1.54, 1.807) is 0 Å². The van der Waals surface area contributed by atoms with Gasteiger partial charge in [0.2, 0.25) is 5.79 Å². The van der Waals surface area contributed by atoms with Gasteiger partial charge in [0.15, 0.2) is 0 Å². The number of hydrogen-bond donors (Lipinski definition) is 0. The molecule has 15 heavy (non-hydrogen) atoms. The Bertz CT molecular complexity index is 400. The van der Waals surface area contributed by atoms with Crippen LogP contribution in [0, 0.1) is 11.3 Å². The molecule has 0 radical (unpaired) electrons. The Labute approximate surface area is 97.2 Å². The van der Waals surface area contributed by atoms with E-state index in [0.29, 0.717) is 17.4 Å². The summed E-state index contributed by atoms with van der Waals surface area (Å²) in [7, 11) is 0. The summed E-state index contributed by atoms with van der Waals surface area (Å²) in [5, 5.41) is 8.57. The summed E-state index contributed by atoms with van der Waals surface area (Å²) in [5.74, 6) is -0.737. The number of ether oxygens (including phenoxy) is 2. The van der Waals surface area contributed by atoms with E-state index in [1.807, 2.05) is 19.1 Å². The van der Waals surface area contributed by atoms with Crippen LogP contribution in [0.15, 0.2) is 12.1 Å². The van der Waals surface area contributed by atoms with Crippen LogP contribution in [-0.2, 0) is 15.3 Å². The largest absolute Gasteiger partial charge is 0.343 e. The predicted octanol–water partition coefficient (Wildman–Crippen LogP) is 2.90. The fourth-order valence-corrected chi connectivity index (χ4v) is 2.62. The molecule has 80 valence electrons. The molecule has 0 saturated carbocycles. The highest BCUT2D eigenvalue weighted by Crippen LogP contribution is 2.39. The van der Waals surface area contributed by atoms with Crippen LogP contribution in [0.5, 0.6) is 0 Å². The van der Waals surface area contributed by atoms with Gasteiger partial charge in [0.05, 0.1) is 34.4 Å². The van der Waals surface area contributed by atoms with Crippen LogP contribution < -0.4 is 0 Å². The van der Waals surface area contributed by atoms with Crippen LogP contribution in [0.1, 0.15) is 18.2 Å². The van der Waals surface area contributed by atoms with Crippen molar-refractivity contribution in [1.29, 1.82) is 5.26 Å². The third-order valence-electron chi connectivity index (χ3n) is 2.28. The second kappa shape index (κ2) is 4.11. The van der Waals surface area contributed by atoms with Crippen molar-refractivity contribution in [2.24, 2.45) is 0 Å². The van der Waals surface area contributed by atoms with Gasteiger partial charge in [-0.3, -0.25) is 0 Å². The van der Waals surface area contributed by atoms with Gasteiger partial charge in [-0.15, -0.1) is 11.3 Å². The van der Waals surface area contributed by atoms with Crippen LogP contribution in [0.4, 0.5) is 0 Å². The molecule has 1 aliphatic rings. The Morgan fingerprint density at radius 1 is 1.73 bits per heavy atom. The molecule has 0 bridgehead atoms. The fraction of sp³-hybridized carbons (Fsp3) is 0.500. The van der Waals surface area contributed by atoms with E-state index < -0.39 is 5.79 Å². The molecule has 1 fully saturated rings. The van der Waals surface area contributed by atoms with Gasteiger partial charge < -0.3 is 9.47 Å². The van der Waals surface area contributed by atoms with Gasteiger partial charge in [-0.25, -0.2) is 0 Å². The maximum absolute atomic E-state index is 8.57. The number of thiophene rings is 1. The monoisotopic (exact) mass is 243 g/mol. The molecular formula is C10H10ClNO2S. The van der Waals surface area contributed by atoms with Gasteiger partial charge in [0.25, 0.3) is 0 Å². The van der Waals surface area contributed by atoms with Crippen molar-refractivity contribution in [3.63, 3.8) is 0 Å². The highest BCUT2D eigenvalue weighted by Gasteiger charge is 2.39. The second-order valence-corrected chi connectivity index (χ2v) is 5.18. The Morgan fingerprint density at radius 2 is 2.53 bits per heavy atom. The van der Waals surface area contributed by atoms with Crippen molar-refractivity contribution < 1.29 is 9.47 Å². The van der Waals surface area contributed by atoms with E-state index in [9.17, 15) is 0 Å². The van der Waals surface area contributed by atoms with Gasteiger partial charge >= 0.3 is 0 Å². The molecule has 0 N–H and O–H groups in total. The average molecular weight is 244 g/mol. The Kier molecular flexibility index (Phi) is 2.98. The lowest BCUT2D eigenvalue weighted by molar-refractivity contribution is -0.158. The summed E-state index contributed by atoms with van der Waals surface area (Å²) in [6.07, 6.45) is 0.218. The molecule has 1 aliphatic heterocycles. The Balaban J connectivity index is 2.13. The summed E-state index contributed by atoms with van der Waals surface area (Å²) in [6.45, 7) is 2.31. The molecule has 1 aromatic rings. The predicted molar refractivity (Wildman–Crippen MR) is 57.7 cm³/mol. The van der Waals surface area contributed by atoms with E-state index in [2.05, 4.69) is 6.07 Å². The topological polar surface area (TPSA) is 42.2 Å². The molecule has 1 aromatic heterocycles. The third kappa shape index (κ3) is 2.16. The second-order valence-electron chi connectivity index (χ2n) is 3.46. The maximum atomic E-state index is 8.57. The first-order chi connectivity index (χ1) is 7.14. The highest BCUT2D eigenvalue weighted by atomic mass is 35.5. The molecule has 0 amide bonds. The number of hydrogen-bond acceptors (Lipinski definition) is 4. The standard InChI is InChI=1S/C10H10ClNO2S/c1-10(8-2-3-9(11)15-8)13-6-7(14-10)4-5-12/h2-3,7H,4,6H2,1H3. The van der Waals surface area contributed by atoms with Gasteiger partial charge in [-0.1, -0.05) is 11.6 Å². The van der Waals surface area contributed by atoms with Crippen molar-refractivity contribution in [2.45, 2.75) is 25.2 Å². The summed E-state index contributed by atoms with van der Waals surface area (Å²) < 4.78 is 12.0. The zero-order chi connectivity index (χ0) is 10.9. The highest BCUT2D eigenvalue weighted by molar-refractivity contribution is 7.16. The van der Waals surface area contributed by atoms with Crippen molar-refractivity contribution in [3.8, 4) is 6.07 Å². The summed E-state index contributed by atoms with van der Waals surface area (Å²) >= 11 is 7.29. The lowest BCUT2D eigenvalue weighted by Gasteiger charge is -2.21. The zero-order valence-corrected chi connectivity index (χ0v) is 9.77. The molecule has 3 nitrogen and oxygen atoms in total. The lowest BCUT2D eigenvalue weighted by atomic mass is 10.2. The van der Waals surface area contributed by atoms with E-state index in [4.69, 9.17) is 26.3 Å². The van der Waals surface area contributed by atoms with E-state index in [-0.39, 0.29) is 6.10 Å². The summed E-state index contributed by atoms with van der Waals surface area (Å²) in [5.41, 5.74) is 0. The smallest absolute Gasteiger partial charge is 0.201 e. The first kappa shape index (κ1) is 10.9. The quantitative estimate of drug-likeness (QED) is 0.802. The number of nitrogens with zero attached hydrogens (tertiary/aromatic N) is 1. The molecule has 0 spiro atoms. The SMILES string of the molecule is CC1(c2ccc(Cl)s2)OCC(CC#N)O1. The van der Waals surface area contributed by atoms with Gasteiger partial charge in [0.1, 0.15) is 0 Å². The van der Waals surface area contributed by atoms with Crippen LogP contribution in [-0.4, -0.2) is 12.7 Å². The fourth-order valence-electron chi connectivity index (χ4n) is 1.53. The summed E-state index contributed by atoms with van der Waals surface area (Å²) in [4.78, 5) is 0.938. The van der Waals surface area contributed by atoms with E-state index in [1.165, 1.54) is 11.3 Å². The lowest BCUT2D eigenvalue weighted by Crippen LogP contribution is -2.22. The summed E-state index contributed by atoms with van der Waals surface area (Å²) in [6, 6.07) is 5.78. The molecule has 2 heterocycles. The van der Waals surface area contributed by atoms with Gasteiger partial charge in [-0.05, 0) is 19.1 Å². The minimum Gasteiger partial charge on any atom is -0.343 e. The van der Waals surface area contributed by atoms with Crippen molar-refractivity contribution >= 4 is 22.9 Å². The van der Waals surface area contributed by atoms with Crippen molar-refractivity contribution in [1.82, 2.24) is 0 Å². The molecule has 5 heteroatoms. The molecular weight excluding hydrogens is 234 g/mol. The van der Waals surface area contributed by atoms with Crippen LogP contribution in [0.3, 0.4) is 0 Å². The number of nitriles is 1. The minimum atomic E-state index is -0.737. The zero-order valence-electron chi connectivity index (χ0n) is 8.20. The molecule has 2 atom stereocenters. The molecule has 0 aliphatic carbocycles. The molecule has 2 rings (SSSR count). The molecule has 2 unspecified atom stereocenters. The van der Waals surface area contributed by atoms with Crippen LogP contribution >= 0.6 is 22.9 Å². The Hall–Kier alpha value is -0.600. The van der Waals surface area contributed by atoms with E-state index in [0.717, 1.165) is 4.88 Å². The van der Waals surface area contributed by atoms with Crippen LogP contribution in [0.25, 0.3) is 0 Å². The first-order valence-corrected chi connectivity index (χ1v) is 5.78. The minimum absolute atomic E-state index is 0.138. The Morgan fingerprint density at radius 3 is 3.13 bits per heavy atom.